The molecule has 3 atom stereocenters. The third kappa shape index (κ3) is 9.96. The number of amides is 3. The van der Waals surface area contributed by atoms with Crippen molar-refractivity contribution >= 4 is 38.7 Å². The molecule has 0 spiro atoms. The van der Waals surface area contributed by atoms with Crippen LogP contribution in [0, 0.1) is 5.92 Å². The quantitative estimate of drug-likeness (QED) is 0.181. The van der Waals surface area contributed by atoms with E-state index in [2.05, 4.69) is 10.0 Å². The van der Waals surface area contributed by atoms with E-state index in [1.807, 2.05) is 84.9 Å². The van der Waals surface area contributed by atoms with E-state index in [0.29, 0.717) is 26.1 Å². The van der Waals surface area contributed by atoms with Crippen molar-refractivity contribution in [2.45, 2.75) is 62.3 Å². The Labute approximate surface area is 305 Å². The number of benzene rings is 4. The van der Waals surface area contributed by atoms with E-state index in [4.69, 9.17) is 9.47 Å². The average Bonchev–Trinajstić information content (AvgIpc) is 3.65. The summed E-state index contributed by atoms with van der Waals surface area (Å²) in [5, 5.41) is 4.68. The second-order valence-electron chi connectivity index (χ2n) is 13.5. The van der Waals surface area contributed by atoms with Crippen LogP contribution in [0.1, 0.15) is 43.2 Å². The van der Waals surface area contributed by atoms with Gasteiger partial charge in [-0.1, -0.05) is 91.0 Å². The lowest BCUT2D eigenvalue weighted by atomic mass is 9.94. The molecule has 3 amide bonds. The first-order valence-electron chi connectivity index (χ1n) is 17.9. The minimum Gasteiger partial charge on any atom is -0.445 e. The first kappa shape index (κ1) is 37.0. The van der Waals surface area contributed by atoms with Crippen molar-refractivity contribution in [1.82, 2.24) is 19.8 Å². The topological polar surface area (TPSA) is 134 Å². The Morgan fingerprint density at radius 1 is 0.788 bits per heavy atom. The average molecular weight is 727 g/mol. The summed E-state index contributed by atoms with van der Waals surface area (Å²) in [6.07, 6.45) is 2.88. The summed E-state index contributed by atoms with van der Waals surface area (Å²) in [5.41, 5.74) is 1.81. The summed E-state index contributed by atoms with van der Waals surface area (Å²) < 4.78 is 41.4. The molecular formula is C40H46N4O7S. The maximum Gasteiger partial charge on any atom is 0.410 e. The minimum atomic E-state index is -4.09. The van der Waals surface area contributed by atoms with Crippen molar-refractivity contribution in [2.24, 2.45) is 5.92 Å². The highest BCUT2D eigenvalue weighted by Crippen LogP contribution is 2.23. The van der Waals surface area contributed by atoms with Crippen LogP contribution in [0.2, 0.25) is 0 Å². The Balaban J connectivity index is 1.05. The number of carbonyl (C=O) groups is 3. The van der Waals surface area contributed by atoms with Gasteiger partial charge in [0.1, 0.15) is 12.6 Å². The summed E-state index contributed by atoms with van der Waals surface area (Å²) in [4.78, 5) is 43.3. The molecule has 2 aliphatic rings. The van der Waals surface area contributed by atoms with E-state index in [9.17, 15) is 22.8 Å². The summed E-state index contributed by atoms with van der Waals surface area (Å²) in [6, 6.07) is 29.9. The van der Waals surface area contributed by atoms with Crippen LogP contribution in [0.5, 0.6) is 0 Å². The van der Waals surface area contributed by atoms with Crippen molar-refractivity contribution in [3.8, 4) is 0 Å². The number of rotatable bonds is 14. The Kier molecular flexibility index (Phi) is 12.5. The van der Waals surface area contributed by atoms with E-state index in [0.717, 1.165) is 41.2 Å². The molecule has 0 aliphatic carbocycles. The minimum absolute atomic E-state index is 0.00463. The van der Waals surface area contributed by atoms with Gasteiger partial charge >= 0.3 is 6.09 Å². The van der Waals surface area contributed by atoms with Crippen molar-refractivity contribution in [1.29, 1.82) is 0 Å². The van der Waals surface area contributed by atoms with Gasteiger partial charge in [-0.25, -0.2) is 13.2 Å². The third-order valence-corrected chi connectivity index (χ3v) is 11.1. The first-order chi connectivity index (χ1) is 25.2. The fourth-order valence-electron chi connectivity index (χ4n) is 6.93. The lowest BCUT2D eigenvalue weighted by Crippen LogP contribution is -2.54. The van der Waals surface area contributed by atoms with E-state index >= 15 is 0 Å². The molecular weight excluding hydrogens is 681 g/mol. The van der Waals surface area contributed by atoms with Gasteiger partial charge in [-0.15, -0.1) is 0 Å². The fraction of sp³-hybridized carbons (Fsp3) is 0.375. The number of carbonyl (C=O) groups excluding carboxylic acids is 3. The van der Waals surface area contributed by atoms with Crippen molar-refractivity contribution in [2.75, 3.05) is 32.8 Å². The van der Waals surface area contributed by atoms with Crippen LogP contribution in [0.25, 0.3) is 10.8 Å². The molecule has 2 N–H and O–H groups in total. The molecule has 1 unspecified atom stereocenters. The molecule has 12 heteroatoms. The molecule has 2 aliphatic heterocycles. The van der Waals surface area contributed by atoms with Crippen molar-refractivity contribution in [3.05, 3.63) is 114 Å². The zero-order valence-corrected chi connectivity index (χ0v) is 30.0. The SMILES string of the molecule is O=C(CC1CCCN(C(=O)OCc2ccccc2)C1)NC[C@@H]1CCCN1C(=O)[C@H](COCc1ccccc1)NS(=O)(=O)c1ccc2ccccc2c1. The standard InChI is InChI=1S/C40H46N4O7S/c45-38(23-32-15-9-21-43(26-32)40(47)51-28-31-13-5-2-6-14-31)41-25-35-18-10-22-44(35)39(46)37(29-50-27-30-11-3-1-4-12-30)42-52(48,49)36-20-19-33-16-7-8-17-34(33)24-36/h1-8,11-14,16-17,19-20,24,32,35,37,42H,9-10,15,18,21-23,25-29H2,(H,41,45)/t32?,35-,37-/m0/s1. The van der Waals surface area contributed by atoms with Gasteiger partial charge < -0.3 is 24.6 Å². The molecule has 2 heterocycles. The molecule has 0 radical (unpaired) electrons. The van der Waals surface area contributed by atoms with Crippen LogP contribution in [0.4, 0.5) is 4.79 Å². The largest absolute Gasteiger partial charge is 0.445 e. The van der Waals surface area contributed by atoms with Crippen LogP contribution >= 0.6 is 0 Å². The zero-order valence-electron chi connectivity index (χ0n) is 29.2. The number of sulfonamides is 1. The zero-order chi connectivity index (χ0) is 36.3. The molecule has 2 saturated heterocycles. The normalized spacial score (nSPS) is 18.2. The number of ether oxygens (including phenoxy) is 2. The molecule has 11 nitrogen and oxygen atoms in total. The van der Waals surface area contributed by atoms with Crippen molar-refractivity contribution < 1.29 is 32.3 Å². The predicted molar refractivity (Wildman–Crippen MR) is 197 cm³/mol. The Hall–Kier alpha value is -4.78. The number of fused-ring (bicyclic) bond motifs is 1. The number of nitrogens with zero attached hydrogens (tertiary/aromatic N) is 2. The highest BCUT2D eigenvalue weighted by Gasteiger charge is 2.36. The van der Waals surface area contributed by atoms with E-state index in [-0.39, 0.29) is 61.6 Å². The van der Waals surface area contributed by atoms with Crippen LogP contribution < -0.4 is 10.0 Å². The van der Waals surface area contributed by atoms with Gasteiger partial charge in [0.15, 0.2) is 0 Å². The molecule has 0 aromatic heterocycles. The Bertz CT molecular complexity index is 1930. The third-order valence-electron chi connectivity index (χ3n) is 9.67. The monoisotopic (exact) mass is 726 g/mol. The van der Waals surface area contributed by atoms with Gasteiger partial charge in [0.05, 0.1) is 18.1 Å². The highest BCUT2D eigenvalue weighted by molar-refractivity contribution is 7.89. The maximum absolute atomic E-state index is 14.1. The number of nitrogens with one attached hydrogen (secondary N) is 2. The molecule has 52 heavy (non-hydrogen) atoms. The molecule has 0 saturated carbocycles. The van der Waals surface area contributed by atoms with E-state index in [1.54, 1.807) is 21.9 Å². The maximum atomic E-state index is 14.1. The van der Waals surface area contributed by atoms with Crippen LogP contribution in [-0.2, 0) is 42.3 Å². The van der Waals surface area contributed by atoms with Gasteiger partial charge in [0.2, 0.25) is 21.8 Å². The van der Waals surface area contributed by atoms with E-state index in [1.165, 1.54) is 6.07 Å². The number of hydrogen-bond donors (Lipinski definition) is 2. The van der Waals surface area contributed by atoms with E-state index < -0.39 is 22.0 Å². The second-order valence-corrected chi connectivity index (χ2v) is 15.2. The van der Waals surface area contributed by atoms with Gasteiger partial charge in [0, 0.05) is 38.6 Å². The van der Waals surface area contributed by atoms with Crippen LogP contribution in [0.3, 0.4) is 0 Å². The van der Waals surface area contributed by atoms with Gasteiger partial charge in [0.25, 0.3) is 0 Å². The molecule has 0 bridgehead atoms. The first-order valence-corrected chi connectivity index (χ1v) is 19.4. The number of piperidine rings is 1. The molecule has 6 rings (SSSR count). The molecule has 4 aromatic rings. The highest BCUT2D eigenvalue weighted by atomic mass is 32.2. The fourth-order valence-corrected chi connectivity index (χ4v) is 8.14. The summed E-state index contributed by atoms with van der Waals surface area (Å²) in [6.45, 7) is 1.96. The number of hydrogen-bond acceptors (Lipinski definition) is 7. The Morgan fingerprint density at radius 3 is 2.21 bits per heavy atom. The second kappa shape index (κ2) is 17.6. The van der Waals surface area contributed by atoms with Gasteiger partial charge in [-0.05, 0) is 65.6 Å². The van der Waals surface area contributed by atoms with Crippen LogP contribution in [-0.4, -0.2) is 81.0 Å². The molecule has 274 valence electrons. The summed E-state index contributed by atoms with van der Waals surface area (Å²) >= 11 is 0. The van der Waals surface area contributed by atoms with Crippen molar-refractivity contribution in [3.63, 3.8) is 0 Å². The summed E-state index contributed by atoms with van der Waals surface area (Å²) in [5.74, 6) is -0.551. The predicted octanol–water partition coefficient (Wildman–Crippen LogP) is 5.25. The Morgan fingerprint density at radius 2 is 1.46 bits per heavy atom. The van der Waals surface area contributed by atoms with Crippen LogP contribution in [0.15, 0.2) is 108 Å². The smallest absolute Gasteiger partial charge is 0.410 e. The van der Waals surface area contributed by atoms with Gasteiger partial charge in [-0.2, -0.15) is 4.72 Å². The number of likely N-dealkylation sites (tertiary alicyclic amines) is 2. The molecule has 2 fully saturated rings. The molecule has 4 aromatic carbocycles. The lowest BCUT2D eigenvalue weighted by molar-refractivity contribution is -0.136. The summed E-state index contributed by atoms with van der Waals surface area (Å²) in [7, 11) is -4.09. The lowest BCUT2D eigenvalue weighted by Gasteiger charge is -2.32. The van der Waals surface area contributed by atoms with Gasteiger partial charge in [-0.3, -0.25) is 9.59 Å².